The van der Waals surface area contributed by atoms with Crippen molar-refractivity contribution in [2.75, 3.05) is 7.11 Å². The van der Waals surface area contributed by atoms with E-state index in [1.807, 2.05) is 0 Å². The summed E-state index contributed by atoms with van der Waals surface area (Å²) < 4.78 is 10.8. The van der Waals surface area contributed by atoms with Gasteiger partial charge in [0.15, 0.2) is 11.5 Å². The Labute approximate surface area is 167 Å². The van der Waals surface area contributed by atoms with Gasteiger partial charge in [0.2, 0.25) is 5.71 Å². The molecule has 0 saturated heterocycles. The quantitative estimate of drug-likeness (QED) is 0.443. The Morgan fingerprint density at radius 2 is 1.79 bits per heavy atom. The third-order valence-corrected chi connectivity index (χ3v) is 5.12. The number of nitrogens with zero attached hydrogens (tertiary/aromatic N) is 1. The molecule has 1 aromatic rings. The Balaban J connectivity index is 2.39. The smallest absolute Gasteiger partial charge is 0.468 e. The van der Waals surface area contributed by atoms with Crippen LogP contribution in [0.15, 0.2) is 24.3 Å². The molecule has 2 aliphatic rings. The van der Waals surface area contributed by atoms with E-state index in [1.54, 1.807) is 32.9 Å². The number of hydrogen-bond donors (Lipinski definition) is 3. The summed E-state index contributed by atoms with van der Waals surface area (Å²) in [7, 11) is 1.12. The van der Waals surface area contributed by atoms with Crippen molar-refractivity contribution in [2.24, 2.45) is 0 Å². The lowest BCUT2D eigenvalue weighted by atomic mass is 9.62. The minimum absolute atomic E-state index is 0.0308. The predicted octanol–water partition coefficient (Wildman–Crippen LogP) is 0.126. The van der Waals surface area contributed by atoms with Crippen LogP contribution in [0.1, 0.15) is 43.1 Å². The van der Waals surface area contributed by atoms with Crippen molar-refractivity contribution in [1.82, 2.24) is 0 Å². The molecule has 0 aromatic heterocycles. The standard InChI is InChI=1S/C20H24NO8/c1-19(2,3)29-18(27)21-15-14(24)13(23)12(22)9-20(15,17(26)28-4)11-8-6-5-7-10(11)16(21)25/h5-8,12-14,22-24H,9H2,1-4H3/q+1/t12-,13-,14-,20+/m1/s1. The highest BCUT2D eigenvalue weighted by Crippen LogP contribution is 2.43. The molecule has 1 saturated carbocycles. The highest BCUT2D eigenvalue weighted by molar-refractivity contribution is 6.20. The zero-order chi connectivity index (χ0) is 21.7. The van der Waals surface area contributed by atoms with Crippen LogP contribution in [0.25, 0.3) is 0 Å². The van der Waals surface area contributed by atoms with E-state index in [2.05, 4.69) is 0 Å². The normalized spacial score (nSPS) is 29.1. The van der Waals surface area contributed by atoms with Gasteiger partial charge >= 0.3 is 18.0 Å². The average Bonchev–Trinajstić information content (AvgIpc) is 2.65. The lowest BCUT2D eigenvalue weighted by Gasteiger charge is -2.42. The number of carbonyl (C=O) groups is 3. The lowest BCUT2D eigenvalue weighted by Crippen LogP contribution is -2.67. The van der Waals surface area contributed by atoms with Gasteiger partial charge in [-0.15, -0.1) is 0 Å². The van der Waals surface area contributed by atoms with Crippen molar-refractivity contribution in [3.8, 4) is 0 Å². The van der Waals surface area contributed by atoms with Crippen molar-refractivity contribution in [3.63, 3.8) is 0 Å². The van der Waals surface area contributed by atoms with Crippen LogP contribution in [0.5, 0.6) is 0 Å². The fourth-order valence-corrected chi connectivity index (χ4v) is 3.97. The van der Waals surface area contributed by atoms with Gasteiger partial charge in [-0.1, -0.05) is 22.8 Å². The van der Waals surface area contributed by atoms with E-state index in [0.29, 0.717) is 4.58 Å². The second kappa shape index (κ2) is 7.01. The number of fused-ring (bicyclic) bond motifs is 3. The Hall–Kier alpha value is -2.62. The van der Waals surface area contributed by atoms with Crippen LogP contribution in [-0.4, -0.2) is 74.6 Å². The number of ether oxygens (including phenoxy) is 2. The summed E-state index contributed by atoms with van der Waals surface area (Å²) in [5.74, 6) is -1.70. The number of esters is 1. The minimum Gasteiger partial charge on any atom is -0.468 e. The maximum atomic E-state index is 13.2. The number of hydrogen-bond acceptors (Lipinski definition) is 8. The molecule has 3 rings (SSSR count). The topological polar surface area (TPSA) is 133 Å². The maximum Gasteiger partial charge on any atom is 0.605 e. The first-order valence-electron chi connectivity index (χ1n) is 9.12. The molecule has 0 radical (unpaired) electrons. The number of carbonyl (C=O) groups excluding carboxylic acids is 3. The van der Waals surface area contributed by atoms with Crippen LogP contribution >= 0.6 is 0 Å². The molecule has 3 N–H and O–H groups in total. The number of imide groups is 1. The van der Waals surface area contributed by atoms with Crippen LogP contribution in [0.2, 0.25) is 0 Å². The van der Waals surface area contributed by atoms with E-state index in [1.165, 1.54) is 12.1 Å². The first kappa shape index (κ1) is 21.1. The van der Waals surface area contributed by atoms with Gasteiger partial charge in [-0.25, -0.2) is 4.79 Å². The number of benzene rings is 1. The van der Waals surface area contributed by atoms with Crippen LogP contribution in [0.4, 0.5) is 4.79 Å². The van der Waals surface area contributed by atoms with E-state index in [4.69, 9.17) is 9.47 Å². The average molecular weight is 406 g/mol. The summed E-state index contributed by atoms with van der Waals surface area (Å²) in [6.45, 7) is 4.80. The molecular weight excluding hydrogens is 382 g/mol. The van der Waals surface area contributed by atoms with E-state index in [9.17, 15) is 29.7 Å². The van der Waals surface area contributed by atoms with Gasteiger partial charge in [-0.05, 0) is 32.4 Å². The molecule has 1 aliphatic heterocycles. The maximum absolute atomic E-state index is 13.2. The zero-order valence-electron chi connectivity index (χ0n) is 16.6. The van der Waals surface area contributed by atoms with Gasteiger partial charge in [0.1, 0.15) is 11.7 Å². The first-order chi connectivity index (χ1) is 13.5. The minimum atomic E-state index is -1.89. The Kier molecular flexibility index (Phi) is 5.10. The van der Waals surface area contributed by atoms with Crippen LogP contribution in [-0.2, 0) is 19.7 Å². The Morgan fingerprint density at radius 3 is 2.38 bits per heavy atom. The molecule has 2 amide bonds. The molecule has 1 aliphatic carbocycles. The van der Waals surface area contributed by atoms with Crippen molar-refractivity contribution >= 4 is 23.7 Å². The highest BCUT2D eigenvalue weighted by atomic mass is 16.6. The van der Waals surface area contributed by atoms with Crippen LogP contribution in [0.3, 0.4) is 0 Å². The fourth-order valence-electron chi connectivity index (χ4n) is 3.97. The number of amides is 2. The van der Waals surface area contributed by atoms with Gasteiger partial charge < -0.3 is 24.8 Å². The molecule has 0 spiro atoms. The summed E-state index contributed by atoms with van der Waals surface area (Å²) in [5.41, 5.74) is -3.01. The second-order valence-corrected chi connectivity index (χ2v) is 8.16. The SMILES string of the molecule is COC(=O)[C@]12C[C@@H](O)[C@@H](O)[C@@H](O)C1=[N+](C(=O)OC(C)(C)C)C(=O)c1ccccc12. The molecule has 4 atom stereocenters. The summed E-state index contributed by atoms with van der Waals surface area (Å²) in [6, 6.07) is 6.07. The molecule has 9 heteroatoms. The van der Waals surface area contributed by atoms with Gasteiger partial charge in [-0.3, -0.25) is 4.79 Å². The van der Waals surface area contributed by atoms with Crippen molar-refractivity contribution in [2.45, 2.75) is 56.5 Å². The Morgan fingerprint density at radius 1 is 1.17 bits per heavy atom. The van der Waals surface area contributed by atoms with Gasteiger partial charge in [0.25, 0.3) is 0 Å². The van der Waals surface area contributed by atoms with Gasteiger partial charge in [-0.2, -0.15) is 4.79 Å². The van der Waals surface area contributed by atoms with E-state index in [-0.39, 0.29) is 16.8 Å². The second-order valence-electron chi connectivity index (χ2n) is 8.16. The number of aliphatic hydroxyl groups excluding tert-OH is 3. The summed E-state index contributed by atoms with van der Waals surface area (Å²) >= 11 is 0. The predicted molar refractivity (Wildman–Crippen MR) is 98.6 cm³/mol. The van der Waals surface area contributed by atoms with Gasteiger partial charge in [0, 0.05) is 6.42 Å². The summed E-state index contributed by atoms with van der Waals surface area (Å²) in [6.07, 6.45) is -6.61. The largest absolute Gasteiger partial charge is 0.605 e. The summed E-state index contributed by atoms with van der Waals surface area (Å²) in [5, 5.41) is 31.4. The number of aliphatic hydroxyl groups is 3. The zero-order valence-corrected chi connectivity index (χ0v) is 16.6. The monoisotopic (exact) mass is 406 g/mol. The van der Waals surface area contributed by atoms with E-state index >= 15 is 0 Å². The highest BCUT2D eigenvalue weighted by Gasteiger charge is 2.67. The first-order valence-corrected chi connectivity index (χ1v) is 9.12. The molecule has 0 bridgehead atoms. The molecular formula is C20H24NO8+. The summed E-state index contributed by atoms with van der Waals surface area (Å²) in [4.78, 5) is 39.1. The lowest BCUT2D eigenvalue weighted by molar-refractivity contribution is -0.367. The Bertz CT molecular complexity index is 915. The third-order valence-electron chi connectivity index (χ3n) is 5.12. The van der Waals surface area contributed by atoms with E-state index < -0.39 is 53.7 Å². The molecule has 1 fully saturated rings. The van der Waals surface area contributed by atoms with Crippen LogP contribution in [0, 0.1) is 0 Å². The number of methoxy groups -OCH3 is 1. The molecule has 156 valence electrons. The molecule has 1 heterocycles. The number of rotatable bonds is 1. The third kappa shape index (κ3) is 3.15. The molecule has 9 nitrogen and oxygen atoms in total. The van der Waals surface area contributed by atoms with Crippen molar-refractivity contribution < 1.29 is 43.8 Å². The molecule has 0 unspecified atom stereocenters. The molecule has 29 heavy (non-hydrogen) atoms. The fraction of sp³-hybridized carbons (Fsp3) is 0.500. The van der Waals surface area contributed by atoms with Crippen molar-refractivity contribution in [3.05, 3.63) is 35.4 Å². The van der Waals surface area contributed by atoms with Crippen molar-refractivity contribution in [1.29, 1.82) is 0 Å². The molecule has 1 aromatic carbocycles. The van der Waals surface area contributed by atoms with Gasteiger partial charge in [0.05, 0.1) is 18.8 Å². The van der Waals surface area contributed by atoms with Crippen LogP contribution < -0.4 is 0 Å². The van der Waals surface area contributed by atoms with E-state index in [0.717, 1.165) is 7.11 Å².